The van der Waals surface area contributed by atoms with Crippen LogP contribution in [0.15, 0.2) is 12.1 Å². The van der Waals surface area contributed by atoms with Crippen LogP contribution in [0.5, 0.6) is 0 Å². The van der Waals surface area contributed by atoms with Crippen molar-refractivity contribution in [1.29, 1.82) is 0 Å². The largest absolute Gasteiger partial charge is 0.481 e. The summed E-state index contributed by atoms with van der Waals surface area (Å²) < 4.78 is 13.2. The Hall–Kier alpha value is -1.13. The maximum absolute atomic E-state index is 13.2. The lowest BCUT2D eigenvalue weighted by molar-refractivity contribution is -0.138. The average Bonchev–Trinajstić information content (AvgIpc) is 2.21. The molecular weight excluding hydrogens is 259 g/mol. The predicted octanol–water partition coefficient (Wildman–Crippen LogP) is 3.32. The van der Waals surface area contributed by atoms with Crippen LogP contribution in [-0.2, 0) is 4.79 Å². The first-order chi connectivity index (χ1) is 8.31. The topological polar surface area (TPSA) is 57.5 Å². The van der Waals surface area contributed by atoms with E-state index >= 15 is 0 Å². The molecule has 0 saturated heterocycles. The summed E-state index contributed by atoms with van der Waals surface area (Å²) in [5.41, 5.74) is 0.840. The van der Waals surface area contributed by atoms with Gasteiger partial charge in [-0.05, 0) is 42.5 Å². The van der Waals surface area contributed by atoms with Crippen molar-refractivity contribution in [3.8, 4) is 0 Å². The number of carboxylic acids is 1. The Kier molecular flexibility index (Phi) is 5.11. The third-order valence-corrected chi connectivity index (χ3v) is 3.11. The van der Waals surface area contributed by atoms with Crippen molar-refractivity contribution in [3.63, 3.8) is 0 Å². The number of benzene rings is 1. The Morgan fingerprint density at radius 2 is 2.11 bits per heavy atom. The van der Waals surface area contributed by atoms with E-state index in [1.165, 1.54) is 6.07 Å². The summed E-state index contributed by atoms with van der Waals surface area (Å²) in [6.07, 6.45) is -0.627. The molecule has 0 amide bonds. The fraction of sp³-hybridized carbons (Fsp3) is 0.462. The molecule has 18 heavy (non-hydrogen) atoms. The standard InChI is InChI=1S/C13H16ClFO3/c1-7(4-13(17)18)3-12(16)9-5-8(2)11(15)6-10(9)14/h5-7,12,16H,3-4H2,1-2H3,(H,17,18). The number of hydrogen-bond donors (Lipinski definition) is 2. The molecule has 3 nitrogen and oxygen atoms in total. The molecule has 0 bridgehead atoms. The van der Waals surface area contributed by atoms with E-state index in [1.54, 1.807) is 13.8 Å². The fourth-order valence-corrected chi connectivity index (χ4v) is 2.10. The van der Waals surface area contributed by atoms with Gasteiger partial charge in [0.15, 0.2) is 0 Å². The Labute approximate surface area is 110 Å². The van der Waals surface area contributed by atoms with Gasteiger partial charge in [-0.1, -0.05) is 18.5 Å². The van der Waals surface area contributed by atoms with Gasteiger partial charge in [-0.2, -0.15) is 0 Å². The van der Waals surface area contributed by atoms with Gasteiger partial charge in [0.25, 0.3) is 0 Å². The number of rotatable bonds is 5. The van der Waals surface area contributed by atoms with Crippen LogP contribution in [0, 0.1) is 18.7 Å². The van der Waals surface area contributed by atoms with Gasteiger partial charge in [-0.25, -0.2) is 4.39 Å². The van der Waals surface area contributed by atoms with Crippen LogP contribution in [0.4, 0.5) is 4.39 Å². The molecule has 0 aliphatic heterocycles. The molecule has 0 heterocycles. The molecule has 1 aromatic rings. The Bertz CT molecular complexity index is 448. The molecule has 0 fully saturated rings. The second-order valence-corrected chi connectivity index (χ2v) is 4.98. The van der Waals surface area contributed by atoms with Crippen LogP contribution in [0.1, 0.15) is 37.0 Å². The average molecular weight is 275 g/mol. The smallest absolute Gasteiger partial charge is 0.303 e. The van der Waals surface area contributed by atoms with E-state index in [-0.39, 0.29) is 23.8 Å². The second kappa shape index (κ2) is 6.16. The van der Waals surface area contributed by atoms with Gasteiger partial charge < -0.3 is 10.2 Å². The molecule has 0 aliphatic carbocycles. The molecular formula is C13H16ClFO3. The maximum Gasteiger partial charge on any atom is 0.303 e. The highest BCUT2D eigenvalue weighted by atomic mass is 35.5. The van der Waals surface area contributed by atoms with Gasteiger partial charge in [-0.15, -0.1) is 0 Å². The van der Waals surface area contributed by atoms with Gasteiger partial charge in [-0.3, -0.25) is 4.79 Å². The molecule has 2 N–H and O–H groups in total. The van der Waals surface area contributed by atoms with E-state index in [4.69, 9.17) is 16.7 Å². The predicted molar refractivity (Wildman–Crippen MR) is 67.1 cm³/mol. The molecule has 0 aliphatic rings. The normalized spacial score (nSPS) is 14.3. The van der Waals surface area contributed by atoms with Crippen LogP contribution in [0.2, 0.25) is 5.02 Å². The number of carbonyl (C=O) groups is 1. The summed E-state index contributed by atoms with van der Waals surface area (Å²) in [6.45, 7) is 3.32. The fourth-order valence-electron chi connectivity index (χ4n) is 1.82. The van der Waals surface area contributed by atoms with E-state index in [0.29, 0.717) is 11.1 Å². The van der Waals surface area contributed by atoms with Crippen LogP contribution in [0.3, 0.4) is 0 Å². The molecule has 100 valence electrons. The zero-order valence-corrected chi connectivity index (χ0v) is 11.0. The van der Waals surface area contributed by atoms with Gasteiger partial charge in [0, 0.05) is 11.4 Å². The quantitative estimate of drug-likeness (QED) is 0.866. The van der Waals surface area contributed by atoms with Crippen LogP contribution in [0.25, 0.3) is 0 Å². The zero-order chi connectivity index (χ0) is 13.9. The van der Waals surface area contributed by atoms with Crippen molar-refractivity contribution in [1.82, 2.24) is 0 Å². The molecule has 0 aromatic heterocycles. The van der Waals surface area contributed by atoms with E-state index in [1.807, 2.05) is 0 Å². The first kappa shape index (κ1) is 14.9. The Morgan fingerprint density at radius 3 is 2.67 bits per heavy atom. The first-order valence-corrected chi connectivity index (χ1v) is 6.04. The second-order valence-electron chi connectivity index (χ2n) is 4.58. The maximum atomic E-state index is 13.2. The minimum Gasteiger partial charge on any atom is -0.481 e. The minimum atomic E-state index is -0.906. The third-order valence-electron chi connectivity index (χ3n) is 2.79. The number of aliphatic hydroxyl groups is 1. The van der Waals surface area contributed by atoms with Gasteiger partial charge in [0.2, 0.25) is 0 Å². The zero-order valence-electron chi connectivity index (χ0n) is 10.3. The van der Waals surface area contributed by atoms with E-state index in [9.17, 15) is 14.3 Å². The van der Waals surface area contributed by atoms with Crippen molar-refractivity contribution in [2.24, 2.45) is 5.92 Å². The van der Waals surface area contributed by atoms with Crippen LogP contribution < -0.4 is 0 Å². The number of carboxylic acid groups (broad SMARTS) is 1. The minimum absolute atomic E-state index is 0.0190. The van der Waals surface area contributed by atoms with Crippen molar-refractivity contribution in [2.75, 3.05) is 0 Å². The van der Waals surface area contributed by atoms with Crippen LogP contribution >= 0.6 is 11.6 Å². The van der Waals surface area contributed by atoms with E-state index in [0.717, 1.165) is 6.07 Å². The van der Waals surface area contributed by atoms with Crippen molar-refractivity contribution >= 4 is 17.6 Å². The number of aryl methyl sites for hydroxylation is 1. The molecule has 2 unspecified atom stereocenters. The molecule has 0 saturated carbocycles. The lowest BCUT2D eigenvalue weighted by Gasteiger charge is -2.17. The van der Waals surface area contributed by atoms with E-state index in [2.05, 4.69) is 0 Å². The molecule has 2 atom stereocenters. The number of aliphatic hydroxyl groups excluding tert-OH is 1. The van der Waals surface area contributed by atoms with E-state index < -0.39 is 17.9 Å². The molecule has 0 radical (unpaired) electrons. The molecule has 1 aromatic carbocycles. The number of hydrogen-bond acceptors (Lipinski definition) is 2. The summed E-state index contributed by atoms with van der Waals surface area (Å²) in [4.78, 5) is 10.5. The monoisotopic (exact) mass is 274 g/mol. The summed E-state index contributed by atoms with van der Waals surface area (Å²) in [5, 5.41) is 18.8. The summed E-state index contributed by atoms with van der Waals surface area (Å²) in [6, 6.07) is 2.66. The highest BCUT2D eigenvalue weighted by Crippen LogP contribution is 2.30. The van der Waals surface area contributed by atoms with Crippen molar-refractivity contribution in [3.05, 3.63) is 34.1 Å². The molecule has 0 spiro atoms. The van der Waals surface area contributed by atoms with Crippen molar-refractivity contribution in [2.45, 2.75) is 32.8 Å². The Morgan fingerprint density at radius 1 is 1.50 bits per heavy atom. The lowest BCUT2D eigenvalue weighted by Crippen LogP contribution is -2.10. The third kappa shape index (κ3) is 3.96. The van der Waals surface area contributed by atoms with Crippen molar-refractivity contribution < 1.29 is 19.4 Å². The van der Waals surface area contributed by atoms with Gasteiger partial charge in [0.05, 0.1) is 6.10 Å². The first-order valence-electron chi connectivity index (χ1n) is 5.66. The summed E-state index contributed by atoms with van der Waals surface area (Å²) in [5.74, 6) is -1.51. The van der Waals surface area contributed by atoms with Gasteiger partial charge >= 0.3 is 5.97 Å². The Balaban J connectivity index is 2.81. The lowest BCUT2D eigenvalue weighted by atomic mass is 9.95. The molecule has 5 heteroatoms. The number of halogens is 2. The SMILES string of the molecule is Cc1cc(C(O)CC(C)CC(=O)O)c(Cl)cc1F. The summed E-state index contributed by atoms with van der Waals surface area (Å²) in [7, 11) is 0. The highest BCUT2D eigenvalue weighted by Gasteiger charge is 2.18. The molecule has 1 rings (SSSR count). The number of aliphatic carboxylic acids is 1. The van der Waals surface area contributed by atoms with Gasteiger partial charge in [0.1, 0.15) is 5.82 Å². The highest BCUT2D eigenvalue weighted by molar-refractivity contribution is 6.31. The van der Waals surface area contributed by atoms with Crippen LogP contribution in [-0.4, -0.2) is 16.2 Å². The summed E-state index contributed by atoms with van der Waals surface area (Å²) >= 11 is 5.87.